The van der Waals surface area contributed by atoms with E-state index in [4.69, 9.17) is 9.47 Å². The van der Waals surface area contributed by atoms with Crippen LogP contribution in [0.5, 0.6) is 0 Å². The molecule has 0 fully saturated rings. The number of amides is 1. The number of alkyl halides is 1. The van der Waals surface area contributed by atoms with Crippen LogP contribution >= 0.6 is 15.9 Å². The molecule has 0 aromatic carbocycles. The average molecular weight is 324 g/mol. The van der Waals surface area contributed by atoms with Crippen LogP contribution in [0.4, 0.5) is 4.79 Å². The summed E-state index contributed by atoms with van der Waals surface area (Å²) >= 11 is 3.02. The molecule has 0 radical (unpaired) electrons. The maximum absolute atomic E-state index is 11.7. The molecule has 0 aliphatic rings. The largest absolute Gasteiger partial charge is 0.453 e. The Kier molecular flexibility index (Phi) is 7.28. The summed E-state index contributed by atoms with van der Waals surface area (Å²) in [4.78, 5) is 23.4. The molecule has 5 nitrogen and oxygen atoms in total. The number of rotatable bonds is 5. The summed E-state index contributed by atoms with van der Waals surface area (Å²) < 4.78 is 9.99. The van der Waals surface area contributed by atoms with Crippen LogP contribution in [-0.4, -0.2) is 29.2 Å². The smallest absolute Gasteiger partial charge is 0.408 e. The zero-order chi connectivity index (χ0) is 14.3. The van der Waals surface area contributed by atoms with Crippen molar-refractivity contribution in [3.63, 3.8) is 0 Å². The number of carbonyl (C=O) groups is 2. The van der Waals surface area contributed by atoms with Gasteiger partial charge in [0, 0.05) is 0 Å². The summed E-state index contributed by atoms with van der Waals surface area (Å²) in [5.41, 5.74) is -0.488. The number of hydrogen-bond donors (Lipinski definition) is 1. The van der Waals surface area contributed by atoms with Crippen LogP contribution in [0, 0.1) is 5.92 Å². The highest BCUT2D eigenvalue weighted by Gasteiger charge is 2.29. The molecule has 0 saturated carbocycles. The number of ether oxygens (including phenoxy) is 2. The highest BCUT2D eigenvalue weighted by atomic mass is 79.9. The summed E-state index contributed by atoms with van der Waals surface area (Å²) in [5, 5.41) is 2.55. The molecule has 0 saturated heterocycles. The van der Waals surface area contributed by atoms with Gasteiger partial charge in [0.1, 0.15) is 17.2 Å². The van der Waals surface area contributed by atoms with Crippen molar-refractivity contribution in [1.82, 2.24) is 5.32 Å². The molecule has 1 amide bonds. The minimum absolute atomic E-state index is 0.0240. The Labute approximate surface area is 117 Å². The molecular formula is C12H22BrNO4. The van der Waals surface area contributed by atoms with Gasteiger partial charge in [-0.25, -0.2) is 9.59 Å². The first-order valence-corrected chi connectivity index (χ1v) is 7.05. The van der Waals surface area contributed by atoms with Crippen LogP contribution in [0.3, 0.4) is 0 Å². The van der Waals surface area contributed by atoms with Crippen LogP contribution in [0.25, 0.3) is 0 Å². The van der Waals surface area contributed by atoms with E-state index in [-0.39, 0.29) is 11.4 Å². The third-order valence-corrected chi connectivity index (χ3v) is 2.56. The molecule has 106 valence electrons. The van der Waals surface area contributed by atoms with Gasteiger partial charge in [0.25, 0.3) is 0 Å². The van der Waals surface area contributed by atoms with E-state index in [1.54, 1.807) is 20.8 Å². The van der Waals surface area contributed by atoms with Gasteiger partial charge in [-0.05, 0) is 42.6 Å². The number of hydrogen-bond acceptors (Lipinski definition) is 4. The van der Waals surface area contributed by atoms with Crippen molar-refractivity contribution in [2.75, 3.05) is 5.52 Å². The van der Waals surface area contributed by atoms with E-state index in [0.29, 0.717) is 0 Å². The van der Waals surface area contributed by atoms with E-state index in [2.05, 4.69) is 21.2 Å². The normalized spacial score (nSPS) is 14.6. The first-order chi connectivity index (χ1) is 8.21. The van der Waals surface area contributed by atoms with Gasteiger partial charge in [-0.2, -0.15) is 0 Å². The van der Waals surface area contributed by atoms with Crippen LogP contribution in [0.15, 0.2) is 0 Å². The van der Waals surface area contributed by atoms with E-state index in [9.17, 15) is 9.59 Å². The van der Waals surface area contributed by atoms with Crippen molar-refractivity contribution in [2.24, 2.45) is 5.92 Å². The summed E-state index contributed by atoms with van der Waals surface area (Å²) in [5.74, 6) is -0.490. The molecular weight excluding hydrogens is 302 g/mol. The van der Waals surface area contributed by atoms with E-state index < -0.39 is 23.7 Å². The molecule has 6 heteroatoms. The number of carbonyl (C=O) groups excluding carboxylic acids is 2. The zero-order valence-electron chi connectivity index (χ0n) is 11.6. The van der Waals surface area contributed by atoms with Gasteiger partial charge in [0.05, 0.1) is 0 Å². The molecule has 1 N–H and O–H groups in total. The lowest BCUT2D eigenvalue weighted by Gasteiger charge is -2.25. The lowest BCUT2D eigenvalue weighted by Crippen LogP contribution is -2.47. The summed E-state index contributed by atoms with van der Waals surface area (Å²) in [6.45, 7) is 9.11. The Morgan fingerprint density at radius 1 is 1.33 bits per heavy atom. The Morgan fingerprint density at radius 2 is 1.89 bits per heavy atom. The van der Waals surface area contributed by atoms with Gasteiger partial charge in [-0.15, -0.1) is 0 Å². The monoisotopic (exact) mass is 323 g/mol. The summed E-state index contributed by atoms with van der Waals surface area (Å²) in [6.07, 6.45) is 0.136. The second-order valence-corrected chi connectivity index (χ2v) is 5.54. The fourth-order valence-corrected chi connectivity index (χ4v) is 1.47. The molecule has 0 aromatic rings. The first-order valence-electron chi connectivity index (χ1n) is 5.93. The van der Waals surface area contributed by atoms with Crippen LogP contribution < -0.4 is 5.32 Å². The van der Waals surface area contributed by atoms with Crippen LogP contribution in [-0.2, 0) is 14.3 Å². The summed E-state index contributed by atoms with van der Waals surface area (Å²) in [6, 6.07) is -0.692. The van der Waals surface area contributed by atoms with E-state index >= 15 is 0 Å². The molecule has 2 atom stereocenters. The number of esters is 1. The van der Waals surface area contributed by atoms with Gasteiger partial charge < -0.3 is 14.8 Å². The topological polar surface area (TPSA) is 64.6 Å². The van der Waals surface area contributed by atoms with Crippen molar-refractivity contribution in [3.8, 4) is 0 Å². The molecule has 0 spiro atoms. The van der Waals surface area contributed by atoms with Gasteiger partial charge in [-0.3, -0.25) is 0 Å². The van der Waals surface area contributed by atoms with Crippen molar-refractivity contribution in [1.29, 1.82) is 0 Å². The number of alkyl carbamates (subject to hydrolysis) is 1. The fourth-order valence-electron chi connectivity index (χ4n) is 1.25. The zero-order valence-corrected chi connectivity index (χ0v) is 13.2. The average Bonchev–Trinajstić information content (AvgIpc) is 2.22. The van der Waals surface area contributed by atoms with E-state index in [1.807, 2.05) is 13.8 Å². The SMILES string of the molecule is CCC(C)C(NC(=O)OC(C)(C)C)C(=O)OCBr. The highest BCUT2D eigenvalue weighted by Crippen LogP contribution is 2.12. The Bertz CT molecular complexity index is 288. The molecule has 0 aromatic heterocycles. The first kappa shape index (κ1) is 17.2. The molecule has 18 heavy (non-hydrogen) atoms. The Balaban J connectivity index is 4.59. The quantitative estimate of drug-likeness (QED) is 0.624. The van der Waals surface area contributed by atoms with Gasteiger partial charge in [0.2, 0.25) is 0 Å². The molecule has 0 aliphatic carbocycles. The van der Waals surface area contributed by atoms with E-state index in [1.165, 1.54) is 0 Å². The second kappa shape index (κ2) is 7.61. The van der Waals surface area contributed by atoms with Gasteiger partial charge in [0.15, 0.2) is 0 Å². The minimum Gasteiger partial charge on any atom is -0.453 e. The number of nitrogens with one attached hydrogen (secondary N) is 1. The predicted molar refractivity (Wildman–Crippen MR) is 72.5 cm³/mol. The predicted octanol–water partition coefficient (Wildman–Crippen LogP) is 2.82. The third-order valence-electron chi connectivity index (χ3n) is 2.34. The second-order valence-electron chi connectivity index (χ2n) is 5.08. The Hall–Kier alpha value is -0.780. The fraction of sp³-hybridized carbons (Fsp3) is 0.833. The highest BCUT2D eigenvalue weighted by molar-refractivity contribution is 9.09. The maximum atomic E-state index is 11.7. The molecule has 0 aliphatic heterocycles. The summed E-state index contributed by atoms with van der Waals surface area (Å²) in [7, 11) is 0. The molecule has 0 rings (SSSR count). The minimum atomic E-state index is -0.692. The van der Waals surface area contributed by atoms with Crippen LogP contribution in [0.1, 0.15) is 41.0 Å². The molecule has 0 bridgehead atoms. The third kappa shape index (κ3) is 6.83. The molecule has 2 unspecified atom stereocenters. The lowest BCUT2D eigenvalue weighted by molar-refractivity contribution is -0.145. The van der Waals surface area contributed by atoms with Gasteiger partial charge in [-0.1, -0.05) is 20.3 Å². The van der Waals surface area contributed by atoms with Crippen molar-refractivity contribution in [2.45, 2.75) is 52.7 Å². The Morgan fingerprint density at radius 3 is 2.28 bits per heavy atom. The van der Waals surface area contributed by atoms with Crippen molar-refractivity contribution >= 4 is 28.0 Å². The van der Waals surface area contributed by atoms with E-state index in [0.717, 1.165) is 6.42 Å². The van der Waals surface area contributed by atoms with Crippen molar-refractivity contribution < 1.29 is 19.1 Å². The standard InChI is InChI=1S/C12H22BrNO4/c1-6-8(2)9(10(15)17-7-13)14-11(16)18-12(3,4)5/h8-9H,6-7H2,1-5H3,(H,14,16). The van der Waals surface area contributed by atoms with Crippen molar-refractivity contribution in [3.05, 3.63) is 0 Å². The molecule has 0 heterocycles. The van der Waals surface area contributed by atoms with Gasteiger partial charge >= 0.3 is 12.1 Å². The van der Waals surface area contributed by atoms with Crippen LogP contribution in [0.2, 0.25) is 0 Å². The number of halogens is 1. The maximum Gasteiger partial charge on any atom is 0.408 e. The lowest BCUT2D eigenvalue weighted by atomic mass is 9.99.